The molecule has 0 radical (unpaired) electrons. The molecular weight excluding hydrogens is 295 g/mol. The van der Waals surface area contributed by atoms with Crippen molar-refractivity contribution < 1.29 is 28.6 Å². The molecule has 0 amide bonds. The summed E-state index contributed by atoms with van der Waals surface area (Å²) >= 11 is 0. The molecule has 0 spiro atoms. The van der Waals surface area contributed by atoms with E-state index in [1.807, 2.05) is 19.1 Å². The highest BCUT2D eigenvalue weighted by Gasteiger charge is 2.27. The summed E-state index contributed by atoms with van der Waals surface area (Å²) in [7, 11) is -4.50. The summed E-state index contributed by atoms with van der Waals surface area (Å²) in [4.78, 5) is 19.0. The van der Waals surface area contributed by atoms with Crippen LogP contribution < -0.4 is 9.78 Å². The van der Waals surface area contributed by atoms with Gasteiger partial charge in [-0.05, 0) is 30.2 Å². The summed E-state index contributed by atoms with van der Waals surface area (Å²) in [5.41, 5.74) is 0.835. The van der Waals surface area contributed by atoms with Gasteiger partial charge in [-0.1, -0.05) is 52.7 Å². The van der Waals surface area contributed by atoms with E-state index in [1.54, 1.807) is 42.5 Å². The SMILES string of the molecule is CCc1ccccc1OOP(=O)(O)OOc1ccccc1. The number of rotatable bonds is 7. The van der Waals surface area contributed by atoms with E-state index in [-0.39, 0.29) is 5.75 Å². The minimum Gasteiger partial charge on any atom is -0.327 e. The Kier molecular flexibility index (Phi) is 5.36. The van der Waals surface area contributed by atoms with Gasteiger partial charge in [0.15, 0.2) is 11.5 Å². The van der Waals surface area contributed by atoms with Gasteiger partial charge in [-0.3, -0.25) is 4.89 Å². The van der Waals surface area contributed by atoms with E-state index in [9.17, 15) is 9.46 Å². The van der Waals surface area contributed by atoms with Crippen LogP contribution >= 0.6 is 7.82 Å². The Hall–Kier alpha value is -1.85. The number of phosphoric acid groups is 1. The third-order valence-corrected chi connectivity index (χ3v) is 3.07. The quantitative estimate of drug-likeness (QED) is 0.478. The van der Waals surface area contributed by atoms with Crippen LogP contribution in [0.1, 0.15) is 12.5 Å². The van der Waals surface area contributed by atoms with Gasteiger partial charge in [0, 0.05) is 0 Å². The number of para-hydroxylation sites is 2. The predicted molar refractivity (Wildman–Crippen MR) is 75.5 cm³/mol. The fourth-order valence-corrected chi connectivity index (χ4v) is 1.92. The highest BCUT2D eigenvalue weighted by molar-refractivity contribution is 7.47. The van der Waals surface area contributed by atoms with Crippen LogP contribution in [-0.2, 0) is 20.3 Å². The molecule has 0 bridgehead atoms. The molecule has 1 unspecified atom stereocenters. The van der Waals surface area contributed by atoms with Crippen molar-refractivity contribution in [2.75, 3.05) is 0 Å². The first-order valence-corrected chi connectivity index (χ1v) is 7.78. The lowest BCUT2D eigenvalue weighted by Gasteiger charge is -2.12. The van der Waals surface area contributed by atoms with E-state index in [0.29, 0.717) is 12.2 Å². The normalized spacial score (nSPS) is 13.4. The van der Waals surface area contributed by atoms with Gasteiger partial charge in [0.2, 0.25) is 0 Å². The fourth-order valence-electron chi connectivity index (χ4n) is 1.54. The standard InChI is InChI=1S/C14H15O6P/c1-2-12-8-6-7-11-14(12)18-20-21(15,16)19-17-13-9-4-3-5-10-13/h3-11H,2H2,1H3,(H,15,16). The van der Waals surface area contributed by atoms with Crippen LogP contribution in [0.3, 0.4) is 0 Å². The summed E-state index contributed by atoms with van der Waals surface area (Å²) in [5, 5.41) is 0. The Labute approximate surface area is 122 Å². The molecular formula is C14H15O6P. The predicted octanol–water partition coefficient (Wildman–Crippen LogP) is 3.67. The molecule has 0 aliphatic rings. The van der Waals surface area contributed by atoms with Crippen molar-refractivity contribution >= 4 is 7.82 Å². The van der Waals surface area contributed by atoms with E-state index in [0.717, 1.165) is 5.56 Å². The maximum absolute atomic E-state index is 11.6. The van der Waals surface area contributed by atoms with Gasteiger partial charge in [0.1, 0.15) is 0 Å². The number of aryl methyl sites for hydroxylation is 1. The average Bonchev–Trinajstić information content (AvgIpc) is 2.52. The smallest absolute Gasteiger partial charge is 0.327 e. The summed E-state index contributed by atoms with van der Waals surface area (Å²) in [5.74, 6) is 0.613. The first-order valence-electron chi connectivity index (χ1n) is 6.29. The molecule has 0 aliphatic heterocycles. The molecule has 0 saturated heterocycles. The largest absolute Gasteiger partial charge is 0.544 e. The van der Waals surface area contributed by atoms with E-state index in [4.69, 9.17) is 9.78 Å². The van der Waals surface area contributed by atoms with Crippen LogP contribution in [0.5, 0.6) is 11.5 Å². The second kappa shape index (κ2) is 7.24. The lowest BCUT2D eigenvalue weighted by Crippen LogP contribution is -2.03. The minimum absolute atomic E-state index is 0.268. The summed E-state index contributed by atoms with van der Waals surface area (Å²) < 4.78 is 20.4. The van der Waals surface area contributed by atoms with Gasteiger partial charge in [-0.25, -0.2) is 4.57 Å². The molecule has 2 aromatic carbocycles. The van der Waals surface area contributed by atoms with E-state index < -0.39 is 7.82 Å². The van der Waals surface area contributed by atoms with E-state index >= 15 is 0 Å². The van der Waals surface area contributed by atoms with Crippen molar-refractivity contribution in [3.63, 3.8) is 0 Å². The number of benzene rings is 2. The van der Waals surface area contributed by atoms with Gasteiger partial charge in [0.25, 0.3) is 0 Å². The molecule has 0 saturated carbocycles. The fraction of sp³-hybridized carbons (Fsp3) is 0.143. The maximum Gasteiger partial charge on any atom is 0.544 e. The van der Waals surface area contributed by atoms with Gasteiger partial charge < -0.3 is 9.78 Å². The maximum atomic E-state index is 11.6. The van der Waals surface area contributed by atoms with Crippen LogP contribution in [0.2, 0.25) is 0 Å². The lowest BCUT2D eigenvalue weighted by atomic mass is 10.1. The zero-order valence-corrected chi connectivity index (χ0v) is 12.2. The van der Waals surface area contributed by atoms with Crippen molar-refractivity contribution in [1.82, 2.24) is 0 Å². The van der Waals surface area contributed by atoms with Crippen molar-refractivity contribution in [2.45, 2.75) is 13.3 Å². The highest BCUT2D eigenvalue weighted by atomic mass is 31.2. The molecule has 1 atom stereocenters. The highest BCUT2D eigenvalue weighted by Crippen LogP contribution is 2.44. The van der Waals surface area contributed by atoms with Crippen molar-refractivity contribution in [3.05, 3.63) is 60.2 Å². The van der Waals surface area contributed by atoms with Crippen molar-refractivity contribution in [3.8, 4) is 11.5 Å². The molecule has 112 valence electrons. The van der Waals surface area contributed by atoms with Crippen LogP contribution in [-0.4, -0.2) is 4.89 Å². The molecule has 0 heterocycles. The monoisotopic (exact) mass is 310 g/mol. The average molecular weight is 310 g/mol. The molecule has 0 fully saturated rings. The second-order valence-corrected chi connectivity index (χ2v) is 5.29. The zero-order valence-electron chi connectivity index (χ0n) is 11.3. The van der Waals surface area contributed by atoms with Gasteiger partial charge in [0.05, 0.1) is 0 Å². The third kappa shape index (κ3) is 4.88. The Morgan fingerprint density at radius 3 is 2.29 bits per heavy atom. The summed E-state index contributed by atoms with van der Waals surface area (Å²) in [6, 6.07) is 15.3. The number of hydrogen-bond donors (Lipinski definition) is 1. The Bertz CT molecular complexity index is 616. The molecule has 2 aromatic rings. The molecule has 0 aliphatic carbocycles. The Balaban J connectivity index is 1.90. The lowest BCUT2D eigenvalue weighted by molar-refractivity contribution is -0.188. The van der Waals surface area contributed by atoms with Crippen molar-refractivity contribution in [1.29, 1.82) is 0 Å². The van der Waals surface area contributed by atoms with Gasteiger partial charge >= 0.3 is 7.82 Å². The molecule has 21 heavy (non-hydrogen) atoms. The molecule has 0 aromatic heterocycles. The summed E-state index contributed by atoms with van der Waals surface area (Å²) in [6.07, 6.45) is 0.691. The zero-order chi connectivity index (χ0) is 15.1. The van der Waals surface area contributed by atoms with Crippen molar-refractivity contribution in [2.24, 2.45) is 0 Å². The molecule has 6 nitrogen and oxygen atoms in total. The van der Waals surface area contributed by atoms with E-state index in [1.165, 1.54) is 0 Å². The second-order valence-electron chi connectivity index (χ2n) is 4.06. The van der Waals surface area contributed by atoms with Crippen LogP contribution in [0, 0.1) is 0 Å². The third-order valence-electron chi connectivity index (χ3n) is 2.55. The first kappa shape index (κ1) is 15.5. The molecule has 2 rings (SSSR count). The Morgan fingerprint density at radius 1 is 0.952 bits per heavy atom. The Morgan fingerprint density at radius 2 is 1.57 bits per heavy atom. The molecule has 7 heteroatoms. The van der Waals surface area contributed by atoms with Crippen LogP contribution in [0.4, 0.5) is 0 Å². The van der Waals surface area contributed by atoms with Gasteiger partial charge in [-0.2, -0.15) is 0 Å². The van der Waals surface area contributed by atoms with Gasteiger partial charge in [-0.15, -0.1) is 0 Å². The summed E-state index contributed by atoms with van der Waals surface area (Å²) in [6.45, 7) is 1.93. The van der Waals surface area contributed by atoms with Crippen LogP contribution in [0.25, 0.3) is 0 Å². The topological polar surface area (TPSA) is 74.2 Å². The first-order chi connectivity index (χ1) is 10.1. The molecule has 1 N–H and O–H groups in total. The minimum atomic E-state index is -4.50. The van der Waals surface area contributed by atoms with E-state index in [2.05, 4.69) is 9.35 Å². The van der Waals surface area contributed by atoms with Crippen LogP contribution in [0.15, 0.2) is 54.6 Å². The number of hydrogen-bond acceptors (Lipinski definition) is 5.